The topological polar surface area (TPSA) is 132 Å². The monoisotopic (exact) mass is 521 g/mol. The Balaban J connectivity index is 1.66. The third kappa shape index (κ3) is 5.79. The van der Waals surface area contributed by atoms with Crippen LogP contribution in [-0.2, 0) is 17.3 Å². The second-order valence-electron chi connectivity index (χ2n) is 10.4. The van der Waals surface area contributed by atoms with Gasteiger partial charge in [0.05, 0.1) is 41.4 Å². The van der Waals surface area contributed by atoms with Crippen molar-refractivity contribution in [1.29, 1.82) is 0 Å². The molecule has 0 spiro atoms. The van der Waals surface area contributed by atoms with Crippen LogP contribution in [0.4, 0.5) is 18.9 Å². The molecule has 2 aliphatic carbocycles. The van der Waals surface area contributed by atoms with Gasteiger partial charge in [-0.1, -0.05) is 19.0 Å². The van der Waals surface area contributed by atoms with Gasteiger partial charge in [-0.05, 0) is 55.7 Å². The van der Waals surface area contributed by atoms with Crippen molar-refractivity contribution in [2.24, 2.45) is 16.3 Å². The lowest BCUT2D eigenvalue weighted by atomic mass is 9.75. The largest absolute Gasteiger partial charge is 0.435 e. The number of ketones is 1. The number of Topliss-reactive ketones (excluding diaryl/α,β-unsaturated/α-hetero) is 1. The fraction of sp³-hybridized carbons (Fsp3) is 0.520. The number of aromatic nitrogens is 2. The van der Waals surface area contributed by atoms with E-state index in [1.807, 2.05) is 13.8 Å². The summed E-state index contributed by atoms with van der Waals surface area (Å²) in [4.78, 5) is 24.9. The van der Waals surface area contributed by atoms with Crippen LogP contribution in [0.3, 0.4) is 0 Å². The number of halogens is 3. The van der Waals surface area contributed by atoms with Crippen LogP contribution in [0.2, 0.25) is 0 Å². The summed E-state index contributed by atoms with van der Waals surface area (Å²) in [6.45, 7) is 3.87. The number of hydrogen-bond donors (Lipinski definition) is 3. The molecule has 2 aliphatic rings. The average Bonchev–Trinajstić information content (AvgIpc) is 3.19. The molecule has 1 amide bonds. The van der Waals surface area contributed by atoms with Gasteiger partial charge in [0.25, 0.3) is 5.91 Å². The van der Waals surface area contributed by atoms with E-state index in [0.717, 1.165) is 25.7 Å². The number of fused-ring (bicyclic) bond motifs is 1. The molecule has 0 bridgehead atoms. The van der Waals surface area contributed by atoms with E-state index in [2.05, 4.69) is 15.6 Å². The number of amides is 1. The van der Waals surface area contributed by atoms with Crippen LogP contribution in [-0.4, -0.2) is 51.6 Å². The van der Waals surface area contributed by atoms with Crippen molar-refractivity contribution in [1.82, 2.24) is 9.78 Å². The van der Waals surface area contributed by atoms with Crippen LogP contribution in [0.1, 0.15) is 78.1 Å². The summed E-state index contributed by atoms with van der Waals surface area (Å²) >= 11 is 0. The zero-order valence-corrected chi connectivity index (χ0v) is 20.6. The summed E-state index contributed by atoms with van der Waals surface area (Å²) in [5.74, 6) is -1.26. The molecule has 0 aliphatic heterocycles. The highest BCUT2D eigenvalue weighted by Gasteiger charge is 2.45. The maximum Gasteiger partial charge on any atom is 0.435 e. The Hall–Kier alpha value is -3.41. The Bertz CT molecular complexity index is 1210. The molecule has 0 saturated heterocycles. The Morgan fingerprint density at radius 1 is 1.30 bits per heavy atom. The maximum absolute atomic E-state index is 13.8. The van der Waals surface area contributed by atoms with Gasteiger partial charge in [-0.15, -0.1) is 0 Å². The van der Waals surface area contributed by atoms with Gasteiger partial charge in [-0.3, -0.25) is 9.59 Å². The number of nitrogens with zero attached hydrogens (tertiary/aromatic N) is 3. The lowest BCUT2D eigenvalue weighted by Gasteiger charge is -2.30. The number of ether oxygens (including phenoxy) is 1. The highest BCUT2D eigenvalue weighted by Crippen LogP contribution is 2.42. The summed E-state index contributed by atoms with van der Waals surface area (Å²) in [5.41, 5.74) is 4.57. The van der Waals surface area contributed by atoms with E-state index in [1.54, 1.807) is 6.07 Å². The summed E-state index contributed by atoms with van der Waals surface area (Å²) < 4.78 is 48.3. The second-order valence-corrected chi connectivity index (χ2v) is 10.4. The number of benzene rings is 1. The molecule has 9 nitrogen and oxygen atoms in total. The van der Waals surface area contributed by atoms with Gasteiger partial charge < -0.3 is 21.0 Å². The minimum absolute atomic E-state index is 0.00137. The van der Waals surface area contributed by atoms with E-state index in [1.165, 1.54) is 23.0 Å². The van der Waals surface area contributed by atoms with Crippen LogP contribution in [0, 0.1) is 5.41 Å². The van der Waals surface area contributed by atoms with Crippen LogP contribution >= 0.6 is 0 Å². The van der Waals surface area contributed by atoms with Crippen LogP contribution in [0.15, 0.2) is 23.4 Å². The molecule has 0 atom stereocenters. The maximum atomic E-state index is 13.8. The number of carbonyl (C=O) groups is 2. The highest BCUT2D eigenvalue weighted by atomic mass is 19.4. The zero-order valence-electron chi connectivity index (χ0n) is 20.6. The van der Waals surface area contributed by atoms with Crippen molar-refractivity contribution < 1.29 is 32.7 Å². The van der Waals surface area contributed by atoms with Crippen LogP contribution in [0.25, 0.3) is 5.69 Å². The number of alkyl halides is 3. The molecular formula is C25H30F3N5O4. The van der Waals surface area contributed by atoms with E-state index in [4.69, 9.17) is 15.7 Å². The van der Waals surface area contributed by atoms with Crippen molar-refractivity contribution in [3.05, 3.63) is 40.7 Å². The van der Waals surface area contributed by atoms with E-state index < -0.39 is 29.0 Å². The Kier molecular flexibility index (Phi) is 7.31. The van der Waals surface area contributed by atoms with Gasteiger partial charge in [-0.25, -0.2) is 4.68 Å². The fourth-order valence-corrected chi connectivity index (χ4v) is 5.16. The van der Waals surface area contributed by atoms with Crippen molar-refractivity contribution in [3.8, 4) is 5.69 Å². The van der Waals surface area contributed by atoms with Crippen LogP contribution < -0.4 is 11.1 Å². The third-order valence-electron chi connectivity index (χ3n) is 6.85. The van der Waals surface area contributed by atoms with E-state index in [-0.39, 0.29) is 48.4 Å². The number of hydrogen-bond acceptors (Lipinski definition) is 7. The standard InChI is InChI=1S/C25H30F3N5O4/c1-24(2)12-19-21(20(34)13-24)22(25(26,27)28)32-33(19)15-5-8-17(23(29)35)18(11-15)31-14-3-6-16(7-4-14)37-10-9-30-36/h5,8-9,11,14,16,31,36H,3-4,6-7,10,12-13H2,1-2H3,(H2,29,35)/b30-9+. The summed E-state index contributed by atoms with van der Waals surface area (Å²) in [6, 6.07) is 4.48. The molecule has 1 aromatic heterocycles. The molecule has 12 heteroatoms. The number of rotatable bonds is 7. The Labute approximate surface area is 211 Å². The molecule has 37 heavy (non-hydrogen) atoms. The van der Waals surface area contributed by atoms with E-state index >= 15 is 0 Å². The quantitative estimate of drug-likeness (QED) is 0.282. The van der Waals surface area contributed by atoms with Gasteiger partial charge in [-0.2, -0.15) is 18.3 Å². The minimum atomic E-state index is -4.79. The number of anilines is 1. The van der Waals surface area contributed by atoms with Crippen LogP contribution in [0.5, 0.6) is 0 Å². The van der Waals surface area contributed by atoms with E-state index in [9.17, 15) is 22.8 Å². The molecule has 0 radical (unpaired) electrons. The molecule has 4 N–H and O–H groups in total. The fourth-order valence-electron chi connectivity index (χ4n) is 5.16. The molecule has 2 aromatic rings. The Morgan fingerprint density at radius 2 is 2.00 bits per heavy atom. The number of nitrogens with one attached hydrogen (secondary N) is 1. The predicted octanol–water partition coefficient (Wildman–Crippen LogP) is 4.34. The first-order valence-electron chi connectivity index (χ1n) is 12.1. The molecule has 1 heterocycles. The van der Waals surface area contributed by atoms with Crippen molar-refractivity contribution in [2.45, 2.75) is 70.7 Å². The molecular weight excluding hydrogens is 491 g/mol. The van der Waals surface area contributed by atoms with Crippen molar-refractivity contribution in [2.75, 3.05) is 11.9 Å². The van der Waals surface area contributed by atoms with Crippen molar-refractivity contribution >= 4 is 23.6 Å². The number of carbonyl (C=O) groups excluding carboxylic acids is 2. The smallest absolute Gasteiger partial charge is 0.411 e. The Morgan fingerprint density at radius 3 is 2.62 bits per heavy atom. The van der Waals surface area contributed by atoms with Gasteiger partial charge in [0.15, 0.2) is 11.5 Å². The van der Waals surface area contributed by atoms with Gasteiger partial charge in [0.2, 0.25) is 0 Å². The lowest BCUT2D eigenvalue weighted by molar-refractivity contribution is -0.141. The summed E-state index contributed by atoms with van der Waals surface area (Å²) in [6.07, 6.45) is -0.350. The van der Waals surface area contributed by atoms with Gasteiger partial charge in [0, 0.05) is 18.2 Å². The first kappa shape index (κ1) is 26.6. The average molecular weight is 522 g/mol. The molecule has 0 unspecified atom stereocenters. The number of primary amides is 1. The molecule has 1 aromatic carbocycles. The van der Waals surface area contributed by atoms with Gasteiger partial charge in [0.1, 0.15) is 0 Å². The molecule has 1 saturated carbocycles. The lowest BCUT2D eigenvalue weighted by Crippen LogP contribution is -2.31. The zero-order chi connectivity index (χ0) is 27.0. The molecule has 200 valence electrons. The minimum Gasteiger partial charge on any atom is -0.411 e. The summed E-state index contributed by atoms with van der Waals surface area (Å²) in [5, 5.41) is 18.6. The molecule has 4 rings (SSSR count). The van der Waals surface area contributed by atoms with Crippen molar-refractivity contribution in [3.63, 3.8) is 0 Å². The third-order valence-corrected chi connectivity index (χ3v) is 6.85. The second kappa shape index (κ2) is 10.2. The first-order valence-corrected chi connectivity index (χ1v) is 12.1. The molecule has 1 fully saturated rings. The normalized spacial score (nSPS) is 21.7. The first-order chi connectivity index (χ1) is 17.4. The van der Waals surface area contributed by atoms with Gasteiger partial charge >= 0.3 is 6.18 Å². The predicted molar refractivity (Wildman–Crippen MR) is 129 cm³/mol. The number of oxime groups is 1. The van der Waals surface area contributed by atoms with E-state index in [0.29, 0.717) is 11.4 Å². The number of nitrogens with two attached hydrogens (primary N) is 1. The SMILES string of the molecule is CC1(C)CC(=O)c2c(C(F)(F)F)nn(-c3ccc(C(N)=O)c(NC4CCC(OC/C=N/O)CC4)c3)c2C1. The highest BCUT2D eigenvalue weighted by molar-refractivity contribution is 6.00. The summed E-state index contributed by atoms with van der Waals surface area (Å²) in [7, 11) is 0.